The number of terminal acetylenes is 1. The number of hydrogen-bond acceptors (Lipinski definition) is 12. The number of carbonyl (C=O) groups excluding carboxylic acids is 1. The molecule has 0 aromatic rings. The molecule has 2 aliphatic heterocycles. The van der Waals surface area contributed by atoms with E-state index >= 15 is 0 Å². The van der Waals surface area contributed by atoms with Crippen molar-refractivity contribution in [2.45, 2.75) is 106 Å². The van der Waals surface area contributed by atoms with Crippen LogP contribution in [-0.4, -0.2) is 116 Å². The van der Waals surface area contributed by atoms with Crippen LogP contribution in [0.1, 0.15) is 51.4 Å². The van der Waals surface area contributed by atoms with Gasteiger partial charge in [-0.25, -0.2) is 0 Å². The Morgan fingerprint density at radius 1 is 0.886 bits per heavy atom. The largest absolute Gasteiger partial charge is 0.463 e. The summed E-state index contributed by atoms with van der Waals surface area (Å²) >= 11 is 0. The van der Waals surface area contributed by atoms with E-state index in [4.69, 9.17) is 25.4 Å². The van der Waals surface area contributed by atoms with Gasteiger partial charge in [0.15, 0.2) is 6.29 Å². The van der Waals surface area contributed by atoms with Gasteiger partial charge in [-0.3, -0.25) is 4.79 Å². The number of aliphatic hydroxyl groups excluding tert-OH is 7. The molecular weight excluding hydrogens is 468 g/mol. The highest BCUT2D eigenvalue weighted by Crippen LogP contribution is 2.36. The van der Waals surface area contributed by atoms with Crippen LogP contribution in [0, 0.1) is 12.3 Å². The standard InChI is InChI=1S/C23H38O12/c1-2-3-4-5-6-7-8-9-10-16(26)32-12-15-17(27)19(29)20(30)22(33-15)35-23(13-25)21(31)18(28)14(11-24)34-23/h1,14-15,17-22,24-25,27-31H,3-13H2/t14-,15-,17-,18-,19+,20-,21+,22-,23+/m1/s1. The minimum atomic E-state index is -2.28. The number of unbranched alkanes of at least 4 members (excludes halogenated alkanes) is 6. The fourth-order valence-electron chi connectivity index (χ4n) is 4.07. The topological polar surface area (TPSA) is 196 Å². The zero-order valence-electron chi connectivity index (χ0n) is 19.6. The first-order valence-corrected chi connectivity index (χ1v) is 11.9. The number of hydrogen-bond donors (Lipinski definition) is 7. The van der Waals surface area contributed by atoms with Gasteiger partial charge in [0, 0.05) is 12.8 Å². The molecule has 0 aliphatic carbocycles. The first kappa shape index (κ1) is 29.9. The van der Waals surface area contributed by atoms with Crippen molar-refractivity contribution < 1.29 is 59.5 Å². The summed E-state index contributed by atoms with van der Waals surface area (Å²) in [5.41, 5.74) is 0. The van der Waals surface area contributed by atoms with Gasteiger partial charge in [0.2, 0.25) is 5.79 Å². The monoisotopic (exact) mass is 506 g/mol. The van der Waals surface area contributed by atoms with Gasteiger partial charge in [0.05, 0.1) is 6.61 Å². The second-order valence-electron chi connectivity index (χ2n) is 8.89. The van der Waals surface area contributed by atoms with E-state index in [0.717, 1.165) is 38.5 Å². The summed E-state index contributed by atoms with van der Waals surface area (Å²) in [6.45, 7) is -2.13. The maximum Gasteiger partial charge on any atom is 0.305 e. The lowest BCUT2D eigenvalue weighted by Crippen LogP contribution is -2.62. The lowest BCUT2D eigenvalue weighted by molar-refractivity contribution is -0.383. The van der Waals surface area contributed by atoms with Gasteiger partial charge < -0.3 is 54.7 Å². The predicted molar refractivity (Wildman–Crippen MR) is 118 cm³/mol. The van der Waals surface area contributed by atoms with Crippen LogP contribution in [0.15, 0.2) is 0 Å². The molecule has 2 aliphatic rings. The Hall–Kier alpha value is -1.37. The Balaban J connectivity index is 1.84. The molecule has 0 radical (unpaired) electrons. The van der Waals surface area contributed by atoms with Crippen LogP contribution >= 0.6 is 0 Å². The van der Waals surface area contributed by atoms with Crippen LogP contribution in [-0.2, 0) is 23.7 Å². The lowest BCUT2D eigenvalue weighted by Gasteiger charge is -2.43. The third-order valence-electron chi connectivity index (χ3n) is 6.25. The van der Waals surface area contributed by atoms with Gasteiger partial charge in [0.25, 0.3) is 0 Å². The van der Waals surface area contributed by atoms with Crippen LogP contribution in [0.25, 0.3) is 0 Å². The molecule has 2 fully saturated rings. The van der Waals surface area contributed by atoms with Crippen LogP contribution in [0.4, 0.5) is 0 Å². The van der Waals surface area contributed by atoms with E-state index in [-0.39, 0.29) is 6.42 Å². The number of esters is 1. The molecule has 2 rings (SSSR count). The van der Waals surface area contributed by atoms with Gasteiger partial charge in [-0.15, -0.1) is 12.3 Å². The molecule has 7 N–H and O–H groups in total. The van der Waals surface area contributed by atoms with Gasteiger partial charge in [-0.05, 0) is 12.8 Å². The first-order chi connectivity index (χ1) is 16.7. The molecule has 202 valence electrons. The number of carbonyl (C=O) groups is 1. The fourth-order valence-corrected chi connectivity index (χ4v) is 4.07. The molecule has 0 bridgehead atoms. The van der Waals surface area contributed by atoms with E-state index in [9.17, 15) is 40.5 Å². The molecule has 0 aromatic carbocycles. The molecule has 0 amide bonds. The molecule has 35 heavy (non-hydrogen) atoms. The maximum absolute atomic E-state index is 12.1. The second kappa shape index (κ2) is 14.4. The highest BCUT2D eigenvalue weighted by molar-refractivity contribution is 5.69. The summed E-state index contributed by atoms with van der Waals surface area (Å²) < 4.78 is 21.3. The Kier molecular flexibility index (Phi) is 12.3. The highest BCUT2D eigenvalue weighted by atomic mass is 16.8. The average molecular weight is 507 g/mol. The van der Waals surface area contributed by atoms with Crippen molar-refractivity contribution in [3.05, 3.63) is 0 Å². The summed E-state index contributed by atoms with van der Waals surface area (Å²) in [5.74, 6) is -0.209. The summed E-state index contributed by atoms with van der Waals surface area (Å²) in [4.78, 5) is 12.1. The van der Waals surface area contributed by atoms with Crippen molar-refractivity contribution in [3.8, 4) is 12.3 Å². The van der Waals surface area contributed by atoms with Crippen LogP contribution < -0.4 is 0 Å². The van der Waals surface area contributed by atoms with Crippen LogP contribution in [0.3, 0.4) is 0 Å². The van der Waals surface area contributed by atoms with Gasteiger partial charge in [-0.2, -0.15) is 0 Å². The quantitative estimate of drug-likeness (QED) is 0.0772. The first-order valence-electron chi connectivity index (χ1n) is 11.9. The van der Waals surface area contributed by atoms with Gasteiger partial charge >= 0.3 is 5.97 Å². The molecule has 0 aromatic heterocycles. The van der Waals surface area contributed by atoms with Crippen molar-refractivity contribution in [1.29, 1.82) is 0 Å². The SMILES string of the molecule is C#CCCCCCCCCC(=O)OC[C@H]1O[C@H](O[C@]2(CO)O[C@H](CO)[C@@H](O)[C@@H]2O)[C@H](O)[C@@H](O)[C@@H]1O. The van der Waals surface area contributed by atoms with Crippen LogP contribution in [0.5, 0.6) is 0 Å². The molecule has 9 atom stereocenters. The lowest BCUT2D eigenvalue weighted by atomic mass is 9.99. The molecule has 0 unspecified atom stereocenters. The number of rotatable bonds is 14. The molecule has 2 heterocycles. The van der Waals surface area contributed by atoms with E-state index in [1.807, 2.05) is 0 Å². The highest BCUT2D eigenvalue weighted by Gasteiger charge is 2.58. The third kappa shape index (κ3) is 7.80. The second-order valence-corrected chi connectivity index (χ2v) is 8.89. The van der Waals surface area contributed by atoms with Gasteiger partial charge in [-0.1, -0.05) is 25.7 Å². The normalized spacial score (nSPS) is 37.2. The predicted octanol–water partition coefficient (Wildman–Crippen LogP) is -2.09. The Morgan fingerprint density at radius 3 is 2.14 bits per heavy atom. The third-order valence-corrected chi connectivity index (χ3v) is 6.25. The summed E-state index contributed by atoms with van der Waals surface area (Å²) in [5, 5.41) is 70.0. The Bertz CT molecular complexity index is 684. The Morgan fingerprint density at radius 2 is 1.54 bits per heavy atom. The summed E-state index contributed by atoms with van der Waals surface area (Å²) in [7, 11) is 0. The van der Waals surface area contributed by atoms with Gasteiger partial charge in [0.1, 0.15) is 55.9 Å². The van der Waals surface area contributed by atoms with Crippen molar-refractivity contribution in [1.82, 2.24) is 0 Å². The minimum Gasteiger partial charge on any atom is -0.463 e. The zero-order valence-corrected chi connectivity index (χ0v) is 19.6. The van der Waals surface area contributed by atoms with Crippen molar-refractivity contribution in [2.24, 2.45) is 0 Å². The molecule has 0 spiro atoms. The van der Waals surface area contributed by atoms with Crippen molar-refractivity contribution in [2.75, 3.05) is 19.8 Å². The van der Waals surface area contributed by atoms with E-state index in [1.54, 1.807) is 0 Å². The minimum absolute atomic E-state index is 0.159. The van der Waals surface area contributed by atoms with E-state index in [0.29, 0.717) is 6.42 Å². The Labute approximate surface area is 204 Å². The van der Waals surface area contributed by atoms with E-state index in [2.05, 4.69) is 5.92 Å². The summed E-state index contributed by atoms with van der Waals surface area (Å²) in [6, 6.07) is 0. The van der Waals surface area contributed by atoms with Crippen LogP contribution in [0.2, 0.25) is 0 Å². The molecular formula is C23H38O12. The molecule has 12 nitrogen and oxygen atoms in total. The van der Waals surface area contributed by atoms with Crippen molar-refractivity contribution in [3.63, 3.8) is 0 Å². The summed E-state index contributed by atoms with van der Waals surface area (Å²) in [6.07, 6.45) is -1.36. The smallest absolute Gasteiger partial charge is 0.305 e. The molecule has 2 saturated heterocycles. The number of aliphatic hydroxyl groups is 7. The van der Waals surface area contributed by atoms with E-state index < -0.39 is 80.6 Å². The number of ether oxygens (including phenoxy) is 4. The average Bonchev–Trinajstić information content (AvgIpc) is 3.10. The zero-order chi connectivity index (χ0) is 26.0. The maximum atomic E-state index is 12.1. The van der Waals surface area contributed by atoms with Crippen molar-refractivity contribution >= 4 is 5.97 Å². The van der Waals surface area contributed by atoms with E-state index in [1.165, 1.54) is 0 Å². The molecule has 12 heteroatoms. The molecule has 0 saturated carbocycles. The fraction of sp³-hybridized carbons (Fsp3) is 0.870.